The number of anilines is 1. The lowest BCUT2D eigenvalue weighted by atomic mass is 10.0. The molecule has 1 saturated heterocycles. The number of nitrogen functional groups attached to an aromatic ring is 1. The SMILES string of the molecule is Nc1nnc(SCCCN2CCNCC2c2ccc(F)cc2)s1. The summed E-state index contributed by atoms with van der Waals surface area (Å²) in [6, 6.07) is 7.17. The van der Waals surface area contributed by atoms with Crippen LogP contribution in [0.2, 0.25) is 0 Å². The van der Waals surface area contributed by atoms with E-state index in [4.69, 9.17) is 5.73 Å². The number of hydrogen-bond acceptors (Lipinski definition) is 7. The average molecular weight is 353 g/mol. The van der Waals surface area contributed by atoms with Gasteiger partial charge in [-0.1, -0.05) is 35.2 Å². The zero-order valence-corrected chi connectivity index (χ0v) is 14.4. The van der Waals surface area contributed by atoms with E-state index in [0.717, 1.165) is 42.7 Å². The third-order valence-electron chi connectivity index (χ3n) is 3.85. The highest BCUT2D eigenvalue weighted by molar-refractivity contribution is 8.01. The number of nitrogens with one attached hydrogen (secondary N) is 1. The Morgan fingerprint density at radius 3 is 2.91 bits per heavy atom. The van der Waals surface area contributed by atoms with Crippen LogP contribution in [-0.2, 0) is 0 Å². The van der Waals surface area contributed by atoms with Gasteiger partial charge in [-0.2, -0.15) is 0 Å². The maximum atomic E-state index is 13.1. The van der Waals surface area contributed by atoms with Crippen LogP contribution in [0.3, 0.4) is 0 Å². The molecule has 1 aromatic carbocycles. The molecule has 1 fully saturated rings. The highest BCUT2D eigenvalue weighted by atomic mass is 32.2. The normalized spacial score (nSPS) is 19.1. The van der Waals surface area contributed by atoms with Crippen LogP contribution in [0.1, 0.15) is 18.0 Å². The molecule has 1 atom stereocenters. The fourth-order valence-electron chi connectivity index (χ4n) is 2.73. The zero-order valence-electron chi connectivity index (χ0n) is 12.7. The molecule has 2 aromatic rings. The van der Waals surface area contributed by atoms with Crippen molar-refractivity contribution in [3.05, 3.63) is 35.6 Å². The van der Waals surface area contributed by atoms with Crippen LogP contribution in [0, 0.1) is 5.82 Å². The second-order valence-electron chi connectivity index (χ2n) is 5.42. The Labute approximate surface area is 143 Å². The molecule has 0 radical (unpaired) electrons. The number of rotatable bonds is 6. The topological polar surface area (TPSA) is 67.1 Å². The van der Waals surface area contributed by atoms with Gasteiger partial charge in [-0.3, -0.25) is 4.90 Å². The summed E-state index contributed by atoms with van der Waals surface area (Å²) in [5.74, 6) is 0.811. The highest BCUT2D eigenvalue weighted by Gasteiger charge is 2.23. The van der Waals surface area contributed by atoms with E-state index in [1.54, 1.807) is 11.8 Å². The lowest BCUT2D eigenvalue weighted by molar-refractivity contribution is 0.163. The minimum absolute atomic E-state index is 0.184. The maximum Gasteiger partial charge on any atom is 0.203 e. The lowest BCUT2D eigenvalue weighted by Gasteiger charge is -2.36. The van der Waals surface area contributed by atoms with Crippen molar-refractivity contribution in [3.63, 3.8) is 0 Å². The number of thioether (sulfide) groups is 1. The van der Waals surface area contributed by atoms with Gasteiger partial charge in [0.1, 0.15) is 5.82 Å². The Morgan fingerprint density at radius 2 is 2.17 bits per heavy atom. The standard InChI is InChI=1S/C15H20FN5S2/c16-12-4-2-11(3-5-12)13-10-18-6-8-21(13)7-1-9-22-15-20-19-14(17)23-15/h2-5,13,18H,1,6-10H2,(H2,17,19). The quantitative estimate of drug-likeness (QED) is 0.614. The first-order chi connectivity index (χ1) is 11.2. The molecule has 0 spiro atoms. The summed E-state index contributed by atoms with van der Waals surface area (Å²) in [5, 5.41) is 11.8. The van der Waals surface area contributed by atoms with Crippen LogP contribution >= 0.6 is 23.1 Å². The van der Waals surface area contributed by atoms with E-state index in [9.17, 15) is 4.39 Å². The third-order valence-corrected chi connectivity index (χ3v) is 5.82. The Bertz CT molecular complexity index is 619. The van der Waals surface area contributed by atoms with Gasteiger partial charge >= 0.3 is 0 Å². The first-order valence-corrected chi connectivity index (χ1v) is 9.44. The van der Waals surface area contributed by atoms with Gasteiger partial charge in [-0.15, -0.1) is 10.2 Å². The number of nitrogens with zero attached hydrogens (tertiary/aromatic N) is 3. The summed E-state index contributed by atoms with van der Waals surface area (Å²) in [6.45, 7) is 3.94. The van der Waals surface area contributed by atoms with Crippen molar-refractivity contribution in [2.24, 2.45) is 0 Å². The Kier molecular flexibility index (Phi) is 5.82. The predicted molar refractivity (Wildman–Crippen MR) is 93.2 cm³/mol. The highest BCUT2D eigenvalue weighted by Crippen LogP contribution is 2.26. The Balaban J connectivity index is 1.51. The van der Waals surface area contributed by atoms with Crippen LogP contribution < -0.4 is 11.1 Å². The molecule has 3 N–H and O–H groups in total. The molecule has 0 saturated carbocycles. The molecule has 1 unspecified atom stereocenters. The molecule has 0 bridgehead atoms. The van der Waals surface area contributed by atoms with Gasteiger partial charge < -0.3 is 11.1 Å². The molecule has 8 heteroatoms. The van der Waals surface area contributed by atoms with Gasteiger partial charge in [0, 0.05) is 31.4 Å². The summed E-state index contributed by atoms with van der Waals surface area (Å²) in [7, 11) is 0. The van der Waals surface area contributed by atoms with E-state index in [1.807, 2.05) is 12.1 Å². The molecule has 3 rings (SSSR count). The summed E-state index contributed by atoms with van der Waals surface area (Å²) < 4.78 is 14.0. The van der Waals surface area contributed by atoms with Crippen molar-refractivity contribution in [2.45, 2.75) is 16.8 Å². The third kappa shape index (κ3) is 4.63. The van der Waals surface area contributed by atoms with E-state index < -0.39 is 0 Å². The molecular formula is C15H20FN5S2. The fraction of sp³-hybridized carbons (Fsp3) is 0.467. The van der Waals surface area contributed by atoms with Crippen LogP contribution in [0.25, 0.3) is 0 Å². The number of aromatic nitrogens is 2. The van der Waals surface area contributed by atoms with Gasteiger partial charge in [0.2, 0.25) is 5.13 Å². The molecule has 1 aliphatic rings. The molecule has 0 aliphatic carbocycles. The van der Waals surface area contributed by atoms with Crippen molar-refractivity contribution in [1.82, 2.24) is 20.4 Å². The van der Waals surface area contributed by atoms with E-state index in [-0.39, 0.29) is 5.82 Å². The number of hydrogen-bond donors (Lipinski definition) is 2. The minimum Gasteiger partial charge on any atom is -0.374 e. The summed E-state index contributed by atoms with van der Waals surface area (Å²) in [5.41, 5.74) is 6.75. The second kappa shape index (κ2) is 8.05. The molecule has 5 nitrogen and oxygen atoms in total. The number of benzene rings is 1. The average Bonchev–Trinajstić information content (AvgIpc) is 2.98. The Hall–Kier alpha value is -1.22. The maximum absolute atomic E-state index is 13.1. The minimum atomic E-state index is -0.184. The van der Waals surface area contributed by atoms with Crippen molar-refractivity contribution < 1.29 is 4.39 Å². The monoisotopic (exact) mass is 353 g/mol. The molecule has 2 heterocycles. The number of piperazine rings is 1. The van der Waals surface area contributed by atoms with Crippen LogP contribution in [0.5, 0.6) is 0 Å². The summed E-state index contributed by atoms with van der Waals surface area (Å²) >= 11 is 3.13. The molecule has 124 valence electrons. The predicted octanol–water partition coefficient (Wildman–Crippen LogP) is 2.39. The van der Waals surface area contributed by atoms with Gasteiger partial charge in [0.25, 0.3) is 0 Å². The van der Waals surface area contributed by atoms with E-state index in [1.165, 1.54) is 29.0 Å². The van der Waals surface area contributed by atoms with E-state index in [2.05, 4.69) is 20.4 Å². The van der Waals surface area contributed by atoms with Crippen molar-refractivity contribution in [2.75, 3.05) is 37.7 Å². The molecule has 1 aliphatic heterocycles. The van der Waals surface area contributed by atoms with Crippen molar-refractivity contribution >= 4 is 28.2 Å². The largest absolute Gasteiger partial charge is 0.374 e. The number of nitrogens with two attached hydrogens (primary N) is 1. The van der Waals surface area contributed by atoms with Crippen LogP contribution in [0.4, 0.5) is 9.52 Å². The Morgan fingerprint density at radius 1 is 1.35 bits per heavy atom. The van der Waals surface area contributed by atoms with Gasteiger partial charge in [-0.05, 0) is 30.7 Å². The van der Waals surface area contributed by atoms with Gasteiger partial charge in [0.05, 0.1) is 0 Å². The van der Waals surface area contributed by atoms with Gasteiger partial charge in [-0.25, -0.2) is 4.39 Å². The van der Waals surface area contributed by atoms with E-state index >= 15 is 0 Å². The van der Waals surface area contributed by atoms with Crippen molar-refractivity contribution in [3.8, 4) is 0 Å². The molecule has 1 aromatic heterocycles. The van der Waals surface area contributed by atoms with Crippen LogP contribution in [-0.4, -0.2) is 47.0 Å². The first kappa shape index (κ1) is 16.6. The van der Waals surface area contributed by atoms with E-state index in [0.29, 0.717) is 11.2 Å². The summed E-state index contributed by atoms with van der Waals surface area (Å²) in [6.07, 6.45) is 1.07. The molecule has 0 amide bonds. The lowest BCUT2D eigenvalue weighted by Crippen LogP contribution is -2.46. The fourth-order valence-corrected chi connectivity index (χ4v) is 4.36. The van der Waals surface area contributed by atoms with Gasteiger partial charge in [0.15, 0.2) is 4.34 Å². The molecular weight excluding hydrogens is 333 g/mol. The first-order valence-electron chi connectivity index (χ1n) is 7.64. The van der Waals surface area contributed by atoms with Crippen LogP contribution in [0.15, 0.2) is 28.6 Å². The number of halogens is 1. The van der Waals surface area contributed by atoms with Crippen molar-refractivity contribution in [1.29, 1.82) is 0 Å². The smallest absolute Gasteiger partial charge is 0.203 e. The second-order valence-corrected chi connectivity index (χ2v) is 7.77. The summed E-state index contributed by atoms with van der Waals surface area (Å²) in [4.78, 5) is 2.47. The zero-order chi connectivity index (χ0) is 16.1. The molecule has 23 heavy (non-hydrogen) atoms.